The lowest BCUT2D eigenvalue weighted by atomic mass is 10.1. The maximum Gasteiger partial charge on any atom is 0.242 e. The monoisotopic (exact) mass is 420 g/mol. The highest BCUT2D eigenvalue weighted by molar-refractivity contribution is 7.89. The standard InChI is InChI=1S/C20H28N4O2S2/c1-23(2)18(13-16-9-6-5-7-10-16)15-21-20(27)22-17-11-8-12-19(14-17)28(25,26)24(3)4/h5-12,14,18H,13,15H2,1-4H3,(H2,21,22,27)/t18-/m1/s1. The smallest absolute Gasteiger partial charge is 0.242 e. The van der Waals surface area contributed by atoms with Crippen LogP contribution < -0.4 is 10.6 Å². The molecule has 2 aromatic rings. The fourth-order valence-corrected chi connectivity index (χ4v) is 3.80. The first-order valence-corrected chi connectivity index (χ1v) is 10.8. The maximum absolute atomic E-state index is 12.3. The molecular weight excluding hydrogens is 392 g/mol. The summed E-state index contributed by atoms with van der Waals surface area (Å²) in [6.45, 7) is 0.670. The first-order valence-electron chi connectivity index (χ1n) is 8.98. The molecule has 1 atom stereocenters. The molecule has 0 saturated heterocycles. The highest BCUT2D eigenvalue weighted by atomic mass is 32.2. The topological polar surface area (TPSA) is 64.7 Å². The molecule has 0 amide bonds. The zero-order valence-corrected chi connectivity index (χ0v) is 18.3. The summed E-state index contributed by atoms with van der Waals surface area (Å²) in [6, 6.07) is 17.2. The van der Waals surface area contributed by atoms with E-state index < -0.39 is 10.0 Å². The van der Waals surface area contributed by atoms with Crippen LogP contribution in [0.4, 0.5) is 5.69 Å². The fourth-order valence-electron chi connectivity index (χ4n) is 2.65. The Hall–Kier alpha value is -2.00. The Labute approximate surface area is 173 Å². The van der Waals surface area contributed by atoms with Crippen LogP contribution in [-0.2, 0) is 16.4 Å². The minimum atomic E-state index is -3.48. The van der Waals surface area contributed by atoms with E-state index in [2.05, 4.69) is 27.7 Å². The summed E-state index contributed by atoms with van der Waals surface area (Å²) in [5.74, 6) is 0. The van der Waals surface area contributed by atoms with Gasteiger partial charge in [-0.3, -0.25) is 0 Å². The highest BCUT2D eigenvalue weighted by Crippen LogP contribution is 2.18. The van der Waals surface area contributed by atoms with Gasteiger partial charge in [-0.15, -0.1) is 0 Å². The molecule has 0 aliphatic rings. The van der Waals surface area contributed by atoms with Crippen molar-refractivity contribution in [3.05, 3.63) is 60.2 Å². The number of thiocarbonyl (C=S) groups is 1. The molecule has 2 rings (SSSR count). The van der Waals surface area contributed by atoms with Gasteiger partial charge >= 0.3 is 0 Å². The van der Waals surface area contributed by atoms with E-state index in [0.29, 0.717) is 17.3 Å². The van der Waals surface area contributed by atoms with Gasteiger partial charge in [-0.1, -0.05) is 36.4 Å². The zero-order chi connectivity index (χ0) is 20.7. The van der Waals surface area contributed by atoms with Crippen molar-refractivity contribution >= 4 is 33.0 Å². The second-order valence-electron chi connectivity index (χ2n) is 6.96. The number of hydrogen-bond acceptors (Lipinski definition) is 4. The highest BCUT2D eigenvalue weighted by Gasteiger charge is 2.17. The lowest BCUT2D eigenvalue weighted by molar-refractivity contribution is 0.291. The van der Waals surface area contributed by atoms with Crippen LogP contribution in [0.3, 0.4) is 0 Å². The number of hydrogen-bond donors (Lipinski definition) is 2. The van der Waals surface area contributed by atoms with Crippen LogP contribution in [0.1, 0.15) is 5.56 Å². The van der Waals surface area contributed by atoms with Crippen LogP contribution in [-0.4, -0.2) is 63.5 Å². The first-order chi connectivity index (χ1) is 13.2. The predicted octanol–water partition coefficient (Wildman–Crippen LogP) is 2.40. The van der Waals surface area contributed by atoms with Crippen molar-refractivity contribution < 1.29 is 8.42 Å². The molecule has 2 N–H and O–H groups in total. The molecule has 28 heavy (non-hydrogen) atoms. The van der Waals surface area contributed by atoms with E-state index in [1.54, 1.807) is 24.3 Å². The van der Waals surface area contributed by atoms with Crippen molar-refractivity contribution in [2.45, 2.75) is 17.4 Å². The third-order valence-electron chi connectivity index (χ3n) is 4.41. The van der Waals surface area contributed by atoms with Crippen molar-refractivity contribution in [3.63, 3.8) is 0 Å². The summed E-state index contributed by atoms with van der Waals surface area (Å²) >= 11 is 5.39. The average molecular weight is 421 g/mol. The molecule has 0 aliphatic carbocycles. The van der Waals surface area contributed by atoms with Crippen LogP contribution >= 0.6 is 12.2 Å². The molecule has 152 valence electrons. The number of likely N-dealkylation sites (N-methyl/N-ethyl adjacent to an activating group) is 1. The van der Waals surface area contributed by atoms with Gasteiger partial charge in [-0.05, 0) is 56.5 Å². The van der Waals surface area contributed by atoms with Gasteiger partial charge in [0.15, 0.2) is 5.11 Å². The largest absolute Gasteiger partial charge is 0.361 e. The number of rotatable bonds is 8. The Morgan fingerprint density at radius 2 is 1.71 bits per heavy atom. The second-order valence-corrected chi connectivity index (χ2v) is 9.52. The number of benzene rings is 2. The molecule has 0 spiro atoms. The van der Waals surface area contributed by atoms with E-state index in [1.165, 1.54) is 24.0 Å². The Balaban J connectivity index is 1.98. The minimum Gasteiger partial charge on any atom is -0.361 e. The van der Waals surface area contributed by atoms with Gasteiger partial charge in [0.25, 0.3) is 0 Å². The van der Waals surface area contributed by atoms with Gasteiger partial charge in [0.2, 0.25) is 10.0 Å². The molecule has 0 bridgehead atoms. The average Bonchev–Trinajstić information content (AvgIpc) is 2.65. The van der Waals surface area contributed by atoms with E-state index in [-0.39, 0.29) is 10.9 Å². The van der Waals surface area contributed by atoms with Crippen molar-refractivity contribution in [1.29, 1.82) is 0 Å². The molecule has 0 heterocycles. The quantitative estimate of drug-likeness (QED) is 0.640. The molecule has 8 heteroatoms. The molecule has 6 nitrogen and oxygen atoms in total. The number of sulfonamides is 1. The van der Waals surface area contributed by atoms with Crippen molar-refractivity contribution in [1.82, 2.24) is 14.5 Å². The predicted molar refractivity (Wildman–Crippen MR) is 119 cm³/mol. The van der Waals surface area contributed by atoms with Crippen LogP contribution in [0.2, 0.25) is 0 Å². The third kappa shape index (κ3) is 6.27. The summed E-state index contributed by atoms with van der Waals surface area (Å²) in [5.41, 5.74) is 1.90. The zero-order valence-electron chi connectivity index (χ0n) is 16.7. The van der Waals surface area contributed by atoms with E-state index in [0.717, 1.165) is 6.42 Å². The molecule has 0 aliphatic heterocycles. The second kappa shape index (κ2) is 9.97. The number of nitrogens with zero attached hydrogens (tertiary/aromatic N) is 2. The van der Waals surface area contributed by atoms with Gasteiger partial charge in [0, 0.05) is 32.4 Å². The summed E-state index contributed by atoms with van der Waals surface area (Å²) in [6.07, 6.45) is 0.903. The lowest BCUT2D eigenvalue weighted by Crippen LogP contribution is -2.42. The number of anilines is 1. The van der Waals surface area contributed by atoms with Gasteiger partial charge in [0.05, 0.1) is 4.90 Å². The normalized spacial score (nSPS) is 12.8. The Morgan fingerprint density at radius 1 is 1.04 bits per heavy atom. The summed E-state index contributed by atoms with van der Waals surface area (Å²) < 4.78 is 25.7. The maximum atomic E-state index is 12.3. The van der Waals surface area contributed by atoms with Gasteiger partial charge < -0.3 is 15.5 Å². The molecular formula is C20H28N4O2S2. The molecule has 0 fully saturated rings. The lowest BCUT2D eigenvalue weighted by Gasteiger charge is -2.25. The van der Waals surface area contributed by atoms with E-state index in [1.807, 2.05) is 32.3 Å². The SMILES string of the molecule is CN(C)[C@@H](CNC(=S)Nc1cccc(S(=O)(=O)N(C)C)c1)Cc1ccccc1. The van der Waals surface area contributed by atoms with Crippen molar-refractivity contribution in [2.24, 2.45) is 0 Å². The minimum absolute atomic E-state index is 0.223. The van der Waals surface area contributed by atoms with Gasteiger partial charge in [0.1, 0.15) is 0 Å². The Kier molecular flexibility index (Phi) is 7.94. The molecule has 0 radical (unpaired) electrons. The van der Waals surface area contributed by atoms with Crippen molar-refractivity contribution in [3.8, 4) is 0 Å². The molecule has 0 unspecified atom stereocenters. The summed E-state index contributed by atoms with van der Waals surface area (Å²) in [7, 11) is 3.62. The fraction of sp³-hybridized carbons (Fsp3) is 0.350. The Morgan fingerprint density at radius 3 is 2.32 bits per heavy atom. The molecule has 0 aromatic heterocycles. The summed E-state index contributed by atoms with van der Waals surface area (Å²) in [5, 5.41) is 6.76. The third-order valence-corrected chi connectivity index (χ3v) is 6.47. The van der Waals surface area contributed by atoms with E-state index in [4.69, 9.17) is 12.2 Å². The van der Waals surface area contributed by atoms with Crippen LogP contribution in [0.25, 0.3) is 0 Å². The van der Waals surface area contributed by atoms with Crippen LogP contribution in [0.5, 0.6) is 0 Å². The van der Waals surface area contributed by atoms with Crippen LogP contribution in [0, 0.1) is 0 Å². The molecule has 2 aromatic carbocycles. The van der Waals surface area contributed by atoms with E-state index in [9.17, 15) is 8.42 Å². The summed E-state index contributed by atoms with van der Waals surface area (Å²) in [4.78, 5) is 2.38. The van der Waals surface area contributed by atoms with Gasteiger partial charge in [-0.2, -0.15) is 0 Å². The number of nitrogens with one attached hydrogen (secondary N) is 2. The van der Waals surface area contributed by atoms with Gasteiger partial charge in [-0.25, -0.2) is 12.7 Å². The van der Waals surface area contributed by atoms with Crippen molar-refractivity contribution in [2.75, 3.05) is 40.1 Å². The first kappa shape index (κ1) is 22.3. The van der Waals surface area contributed by atoms with Crippen LogP contribution in [0.15, 0.2) is 59.5 Å². The Bertz CT molecular complexity index is 884. The van der Waals surface area contributed by atoms with E-state index >= 15 is 0 Å². The molecule has 0 saturated carbocycles.